The first-order chi connectivity index (χ1) is 15.1. The Balaban J connectivity index is 1.39. The van der Waals surface area contributed by atoms with Crippen molar-refractivity contribution in [2.24, 2.45) is 0 Å². The zero-order valence-corrected chi connectivity index (χ0v) is 17.5. The van der Waals surface area contributed by atoms with E-state index in [4.69, 9.17) is 9.47 Å². The maximum absolute atomic E-state index is 12.9. The molecule has 1 aromatic heterocycles. The number of benzene rings is 3. The average molecular weight is 413 g/mol. The molecule has 0 radical (unpaired) electrons. The van der Waals surface area contributed by atoms with E-state index in [1.165, 1.54) is 0 Å². The van der Waals surface area contributed by atoms with Gasteiger partial charge in [-0.25, -0.2) is 4.98 Å². The molecular weight excluding hydrogens is 390 g/mol. The predicted molar refractivity (Wildman–Crippen MR) is 120 cm³/mol. The van der Waals surface area contributed by atoms with Gasteiger partial charge in [0.1, 0.15) is 23.9 Å². The topological polar surface area (TPSA) is 65.4 Å². The zero-order valence-electron chi connectivity index (χ0n) is 17.5. The third-order valence-corrected chi connectivity index (χ3v) is 5.41. The fourth-order valence-corrected chi connectivity index (χ4v) is 3.94. The van der Waals surface area contributed by atoms with E-state index in [9.17, 15) is 4.79 Å². The molecule has 1 aliphatic heterocycles. The molecule has 2 heterocycles. The maximum atomic E-state index is 12.9. The number of amides is 1. The van der Waals surface area contributed by atoms with Gasteiger partial charge in [-0.1, -0.05) is 12.1 Å². The summed E-state index contributed by atoms with van der Waals surface area (Å²) >= 11 is 0. The van der Waals surface area contributed by atoms with Gasteiger partial charge in [0.25, 0.3) is 5.91 Å². The first kappa shape index (κ1) is 19.2. The zero-order chi connectivity index (χ0) is 21.4. The highest BCUT2D eigenvalue weighted by Gasteiger charge is 2.23. The van der Waals surface area contributed by atoms with Crippen LogP contribution in [0.15, 0.2) is 67.0 Å². The average Bonchev–Trinajstić information content (AvgIpc) is 3.36. The number of imidazole rings is 1. The summed E-state index contributed by atoms with van der Waals surface area (Å²) in [7, 11) is 0. The van der Waals surface area contributed by atoms with E-state index in [1.54, 1.807) is 6.33 Å². The van der Waals surface area contributed by atoms with Crippen molar-refractivity contribution in [3.8, 4) is 17.2 Å². The predicted octanol–water partition coefficient (Wildman–Crippen LogP) is 5.00. The van der Waals surface area contributed by atoms with Crippen LogP contribution < -0.4 is 14.8 Å². The van der Waals surface area contributed by atoms with Gasteiger partial charge in [0.15, 0.2) is 0 Å². The molecule has 1 aliphatic rings. The number of anilines is 1. The van der Waals surface area contributed by atoms with E-state index in [0.29, 0.717) is 23.6 Å². The molecule has 0 aliphatic carbocycles. The van der Waals surface area contributed by atoms with E-state index in [0.717, 1.165) is 34.5 Å². The summed E-state index contributed by atoms with van der Waals surface area (Å²) in [6.07, 6.45) is 2.76. The molecule has 5 rings (SSSR count). The Morgan fingerprint density at radius 3 is 2.81 bits per heavy atom. The normalized spacial score (nSPS) is 14.8. The highest BCUT2D eigenvalue weighted by Crippen LogP contribution is 2.38. The van der Waals surface area contributed by atoms with Crippen LogP contribution in [0.1, 0.15) is 29.8 Å². The van der Waals surface area contributed by atoms with Crippen LogP contribution in [-0.2, 0) is 6.42 Å². The molecule has 3 aromatic carbocycles. The smallest absolute Gasteiger partial charge is 0.255 e. The molecule has 0 spiro atoms. The van der Waals surface area contributed by atoms with E-state index in [1.807, 2.05) is 79.1 Å². The van der Waals surface area contributed by atoms with Crippen molar-refractivity contribution in [2.75, 3.05) is 11.9 Å². The van der Waals surface area contributed by atoms with Crippen LogP contribution in [0.4, 0.5) is 5.69 Å². The highest BCUT2D eigenvalue weighted by molar-refractivity contribution is 6.05. The number of nitrogens with one attached hydrogen (secondary N) is 1. The molecule has 0 saturated heterocycles. The first-order valence-corrected chi connectivity index (χ1v) is 10.4. The summed E-state index contributed by atoms with van der Waals surface area (Å²) in [6.45, 7) is 4.48. The van der Waals surface area contributed by atoms with Gasteiger partial charge in [-0.05, 0) is 56.3 Å². The van der Waals surface area contributed by atoms with Crippen LogP contribution in [0.25, 0.3) is 16.7 Å². The minimum atomic E-state index is -0.200. The minimum absolute atomic E-state index is 0.127. The number of hydrogen-bond donors (Lipinski definition) is 1. The van der Waals surface area contributed by atoms with Gasteiger partial charge in [0.05, 0.1) is 23.3 Å². The fraction of sp³-hybridized carbons (Fsp3) is 0.200. The van der Waals surface area contributed by atoms with Crippen molar-refractivity contribution in [3.63, 3.8) is 0 Å². The second-order valence-electron chi connectivity index (χ2n) is 7.63. The summed E-state index contributed by atoms with van der Waals surface area (Å²) in [5.74, 6) is 1.26. The molecule has 4 aromatic rings. The number of aromatic nitrogens is 2. The first-order valence-electron chi connectivity index (χ1n) is 10.4. The third-order valence-electron chi connectivity index (χ3n) is 5.41. The molecule has 6 nitrogen and oxygen atoms in total. The van der Waals surface area contributed by atoms with Crippen molar-refractivity contribution < 1.29 is 14.3 Å². The number of nitrogens with zero attached hydrogens (tertiary/aromatic N) is 2. The van der Waals surface area contributed by atoms with Crippen molar-refractivity contribution in [3.05, 3.63) is 78.1 Å². The SMILES string of the molecule is CCOc1cc2c(cc1NC(=O)c1ccc(-n3cnc4ccccc43)cc1)OC(C)C2. The highest BCUT2D eigenvalue weighted by atomic mass is 16.5. The van der Waals surface area contributed by atoms with Crippen LogP contribution in [0.2, 0.25) is 0 Å². The number of ether oxygens (including phenoxy) is 2. The van der Waals surface area contributed by atoms with Gasteiger partial charge in [0, 0.05) is 29.3 Å². The Morgan fingerprint density at radius 1 is 1.19 bits per heavy atom. The monoisotopic (exact) mass is 413 g/mol. The molecule has 6 heteroatoms. The Labute approximate surface area is 180 Å². The van der Waals surface area contributed by atoms with E-state index in [2.05, 4.69) is 10.3 Å². The van der Waals surface area contributed by atoms with Crippen molar-refractivity contribution in [2.45, 2.75) is 26.4 Å². The standard InChI is InChI=1S/C25H23N3O3/c1-3-30-24-13-18-12-16(2)31-23(18)14-21(24)27-25(29)17-8-10-19(11-9-17)28-15-26-20-6-4-5-7-22(20)28/h4-11,13-16H,3,12H2,1-2H3,(H,27,29). The summed E-state index contributed by atoms with van der Waals surface area (Å²) < 4.78 is 13.6. The number of hydrogen-bond acceptors (Lipinski definition) is 4. The number of fused-ring (bicyclic) bond motifs is 2. The van der Waals surface area contributed by atoms with Crippen LogP contribution in [0, 0.1) is 0 Å². The summed E-state index contributed by atoms with van der Waals surface area (Å²) in [4.78, 5) is 17.3. The van der Waals surface area contributed by atoms with Crippen LogP contribution in [0.3, 0.4) is 0 Å². The number of carbonyl (C=O) groups excluding carboxylic acids is 1. The Hall–Kier alpha value is -3.80. The van der Waals surface area contributed by atoms with E-state index in [-0.39, 0.29) is 12.0 Å². The van der Waals surface area contributed by atoms with Crippen LogP contribution in [0.5, 0.6) is 11.5 Å². The number of rotatable bonds is 5. The molecule has 1 atom stereocenters. The second kappa shape index (κ2) is 7.80. The molecule has 0 saturated carbocycles. The summed E-state index contributed by atoms with van der Waals surface area (Å²) in [6, 6.07) is 19.2. The minimum Gasteiger partial charge on any atom is -0.492 e. The van der Waals surface area contributed by atoms with Gasteiger partial charge in [-0.2, -0.15) is 0 Å². The van der Waals surface area contributed by atoms with Crippen LogP contribution in [-0.4, -0.2) is 28.2 Å². The Morgan fingerprint density at radius 2 is 2.00 bits per heavy atom. The molecule has 1 amide bonds. The lowest BCUT2D eigenvalue weighted by Crippen LogP contribution is -2.13. The van der Waals surface area contributed by atoms with Crippen LogP contribution >= 0.6 is 0 Å². The van der Waals surface area contributed by atoms with Gasteiger partial charge < -0.3 is 14.8 Å². The molecular formula is C25H23N3O3. The largest absolute Gasteiger partial charge is 0.492 e. The molecule has 0 bridgehead atoms. The summed E-state index contributed by atoms with van der Waals surface area (Å²) in [5.41, 5.74) is 5.18. The fourth-order valence-electron chi connectivity index (χ4n) is 3.94. The lowest BCUT2D eigenvalue weighted by molar-refractivity contribution is 0.102. The molecule has 156 valence electrons. The van der Waals surface area contributed by atoms with Gasteiger partial charge in [-0.3, -0.25) is 9.36 Å². The third kappa shape index (κ3) is 3.61. The van der Waals surface area contributed by atoms with Gasteiger partial charge in [0.2, 0.25) is 0 Å². The number of para-hydroxylation sites is 2. The Bertz CT molecular complexity index is 1260. The second-order valence-corrected chi connectivity index (χ2v) is 7.63. The van der Waals surface area contributed by atoms with Crippen molar-refractivity contribution >= 4 is 22.6 Å². The maximum Gasteiger partial charge on any atom is 0.255 e. The number of carbonyl (C=O) groups is 1. The molecule has 0 fully saturated rings. The quantitative estimate of drug-likeness (QED) is 0.500. The van der Waals surface area contributed by atoms with Crippen molar-refractivity contribution in [1.29, 1.82) is 0 Å². The lowest BCUT2D eigenvalue weighted by atomic mass is 10.1. The molecule has 1 N–H and O–H groups in total. The van der Waals surface area contributed by atoms with E-state index < -0.39 is 0 Å². The summed E-state index contributed by atoms with van der Waals surface area (Å²) in [5, 5.41) is 2.98. The molecule has 1 unspecified atom stereocenters. The lowest BCUT2D eigenvalue weighted by Gasteiger charge is -2.14. The molecule has 31 heavy (non-hydrogen) atoms. The van der Waals surface area contributed by atoms with Gasteiger partial charge >= 0.3 is 0 Å². The van der Waals surface area contributed by atoms with Crippen molar-refractivity contribution in [1.82, 2.24) is 9.55 Å². The van der Waals surface area contributed by atoms with E-state index >= 15 is 0 Å². The van der Waals surface area contributed by atoms with Gasteiger partial charge in [-0.15, -0.1) is 0 Å². The Kier molecular flexibility index (Phi) is 4.82.